The summed E-state index contributed by atoms with van der Waals surface area (Å²) >= 11 is 0. The molecule has 0 rings (SSSR count). The first-order valence-electron chi connectivity index (χ1n) is 6.93. The van der Waals surface area contributed by atoms with Gasteiger partial charge in [0.15, 0.2) is 0 Å². The van der Waals surface area contributed by atoms with Gasteiger partial charge >= 0.3 is 12.0 Å². The van der Waals surface area contributed by atoms with Crippen LogP contribution in [-0.4, -0.2) is 41.4 Å². The van der Waals surface area contributed by atoms with E-state index in [-0.39, 0.29) is 13.0 Å². The highest BCUT2D eigenvalue weighted by molar-refractivity contribution is 5.82. The van der Waals surface area contributed by atoms with Crippen LogP contribution in [0.4, 0.5) is 4.79 Å². The van der Waals surface area contributed by atoms with Gasteiger partial charge < -0.3 is 20.8 Å². The number of carboxylic acids is 1. The Morgan fingerprint density at radius 3 is 2.37 bits per heavy atom. The number of amides is 2. The van der Waals surface area contributed by atoms with Crippen LogP contribution in [0.15, 0.2) is 0 Å². The number of aliphatic hydroxyl groups excluding tert-OH is 1. The molecule has 6 heteroatoms. The van der Waals surface area contributed by atoms with E-state index in [2.05, 4.69) is 24.5 Å². The standard InChI is InChI=1S/C13H26N2O4/c1-3-5-6-10(4-2)9-14-13(19)15-11(7-8-16)12(17)18/h10-11,16H,3-9H2,1-2H3,(H,17,18)(H2,14,15,19)/t10?,11-/m0/s1. The molecule has 0 aromatic rings. The Kier molecular flexibility index (Phi) is 9.88. The summed E-state index contributed by atoms with van der Waals surface area (Å²) in [6.07, 6.45) is 4.31. The molecular weight excluding hydrogens is 248 g/mol. The zero-order valence-electron chi connectivity index (χ0n) is 11.8. The van der Waals surface area contributed by atoms with Gasteiger partial charge in [-0.15, -0.1) is 0 Å². The Hall–Kier alpha value is -1.30. The van der Waals surface area contributed by atoms with E-state index >= 15 is 0 Å². The first kappa shape index (κ1) is 17.7. The number of rotatable bonds is 10. The summed E-state index contributed by atoms with van der Waals surface area (Å²) in [7, 11) is 0. The summed E-state index contributed by atoms with van der Waals surface area (Å²) in [5, 5.41) is 22.6. The van der Waals surface area contributed by atoms with Crippen molar-refractivity contribution in [1.29, 1.82) is 0 Å². The van der Waals surface area contributed by atoms with Crippen molar-refractivity contribution >= 4 is 12.0 Å². The molecule has 0 aliphatic heterocycles. The van der Waals surface area contributed by atoms with E-state index in [1.54, 1.807) is 0 Å². The minimum Gasteiger partial charge on any atom is -0.480 e. The molecule has 0 fully saturated rings. The Bertz CT molecular complexity index is 271. The third-order valence-corrected chi connectivity index (χ3v) is 3.12. The molecule has 0 radical (unpaired) electrons. The number of carboxylic acid groups (broad SMARTS) is 1. The van der Waals surface area contributed by atoms with Gasteiger partial charge in [0.25, 0.3) is 0 Å². The molecule has 1 unspecified atom stereocenters. The van der Waals surface area contributed by atoms with Crippen molar-refractivity contribution in [2.24, 2.45) is 5.92 Å². The van der Waals surface area contributed by atoms with Gasteiger partial charge in [0, 0.05) is 19.6 Å². The van der Waals surface area contributed by atoms with E-state index in [9.17, 15) is 9.59 Å². The number of hydrogen-bond acceptors (Lipinski definition) is 3. The van der Waals surface area contributed by atoms with Crippen LogP contribution in [0.2, 0.25) is 0 Å². The minimum absolute atomic E-state index is 0.00972. The number of unbranched alkanes of at least 4 members (excludes halogenated alkanes) is 1. The van der Waals surface area contributed by atoms with Crippen molar-refractivity contribution < 1.29 is 19.8 Å². The Balaban J connectivity index is 4.04. The molecule has 19 heavy (non-hydrogen) atoms. The number of aliphatic hydroxyl groups is 1. The van der Waals surface area contributed by atoms with Crippen LogP contribution in [-0.2, 0) is 4.79 Å². The van der Waals surface area contributed by atoms with E-state index in [0.717, 1.165) is 25.7 Å². The molecule has 6 nitrogen and oxygen atoms in total. The molecule has 2 atom stereocenters. The average Bonchev–Trinajstić information content (AvgIpc) is 2.38. The molecule has 0 aromatic carbocycles. The molecule has 0 aliphatic carbocycles. The summed E-state index contributed by atoms with van der Waals surface area (Å²) in [5.41, 5.74) is 0. The van der Waals surface area contributed by atoms with Crippen LogP contribution in [0.5, 0.6) is 0 Å². The second-order valence-electron chi connectivity index (χ2n) is 4.67. The van der Waals surface area contributed by atoms with Crippen molar-refractivity contribution in [2.45, 2.75) is 52.0 Å². The van der Waals surface area contributed by atoms with Gasteiger partial charge in [-0.1, -0.05) is 33.1 Å². The SMILES string of the molecule is CCCCC(CC)CNC(=O)N[C@@H](CCO)C(=O)O. The number of carbonyl (C=O) groups is 2. The molecule has 2 amide bonds. The fourth-order valence-electron chi connectivity index (χ4n) is 1.78. The minimum atomic E-state index is -1.14. The zero-order chi connectivity index (χ0) is 14.7. The Labute approximate surface area is 114 Å². The second-order valence-corrected chi connectivity index (χ2v) is 4.67. The van der Waals surface area contributed by atoms with Crippen LogP contribution in [0.25, 0.3) is 0 Å². The van der Waals surface area contributed by atoms with Gasteiger partial charge in [-0.05, 0) is 12.3 Å². The number of hydrogen-bond donors (Lipinski definition) is 4. The molecule has 112 valence electrons. The van der Waals surface area contributed by atoms with E-state index in [1.165, 1.54) is 0 Å². The second kappa shape index (κ2) is 10.6. The number of nitrogens with one attached hydrogen (secondary N) is 2. The Morgan fingerprint density at radius 1 is 1.21 bits per heavy atom. The van der Waals surface area contributed by atoms with Crippen LogP contribution < -0.4 is 10.6 Å². The van der Waals surface area contributed by atoms with Crippen molar-refractivity contribution in [2.75, 3.05) is 13.2 Å². The van der Waals surface area contributed by atoms with Crippen molar-refractivity contribution in [3.05, 3.63) is 0 Å². The van der Waals surface area contributed by atoms with Crippen molar-refractivity contribution in [3.8, 4) is 0 Å². The van der Waals surface area contributed by atoms with E-state index in [0.29, 0.717) is 12.5 Å². The van der Waals surface area contributed by atoms with Gasteiger partial charge in [-0.3, -0.25) is 0 Å². The fourth-order valence-corrected chi connectivity index (χ4v) is 1.78. The lowest BCUT2D eigenvalue weighted by molar-refractivity contribution is -0.139. The molecule has 0 bridgehead atoms. The lowest BCUT2D eigenvalue weighted by Gasteiger charge is -2.18. The first-order chi connectivity index (χ1) is 9.04. The van der Waals surface area contributed by atoms with Gasteiger partial charge in [-0.25, -0.2) is 9.59 Å². The zero-order valence-corrected chi connectivity index (χ0v) is 11.8. The van der Waals surface area contributed by atoms with E-state index in [4.69, 9.17) is 10.2 Å². The maximum atomic E-state index is 11.6. The fraction of sp³-hybridized carbons (Fsp3) is 0.846. The molecular formula is C13H26N2O4. The first-order valence-corrected chi connectivity index (χ1v) is 6.93. The number of urea groups is 1. The third-order valence-electron chi connectivity index (χ3n) is 3.12. The molecule has 0 saturated carbocycles. The van der Waals surface area contributed by atoms with Crippen molar-refractivity contribution in [1.82, 2.24) is 10.6 Å². The number of carbonyl (C=O) groups excluding carboxylic acids is 1. The lowest BCUT2D eigenvalue weighted by Crippen LogP contribution is -2.47. The molecule has 0 saturated heterocycles. The quantitative estimate of drug-likeness (QED) is 0.483. The lowest BCUT2D eigenvalue weighted by atomic mass is 9.99. The van der Waals surface area contributed by atoms with Gasteiger partial charge in [0.1, 0.15) is 6.04 Å². The highest BCUT2D eigenvalue weighted by Crippen LogP contribution is 2.11. The third kappa shape index (κ3) is 8.42. The topological polar surface area (TPSA) is 98.7 Å². The summed E-state index contributed by atoms with van der Waals surface area (Å²) in [6.45, 7) is 4.48. The summed E-state index contributed by atoms with van der Waals surface area (Å²) in [4.78, 5) is 22.4. The van der Waals surface area contributed by atoms with E-state index < -0.39 is 18.0 Å². The largest absolute Gasteiger partial charge is 0.480 e. The molecule has 0 heterocycles. The normalized spacial score (nSPS) is 13.6. The average molecular weight is 274 g/mol. The highest BCUT2D eigenvalue weighted by atomic mass is 16.4. The Morgan fingerprint density at radius 2 is 1.89 bits per heavy atom. The smallest absolute Gasteiger partial charge is 0.326 e. The van der Waals surface area contributed by atoms with Crippen molar-refractivity contribution in [3.63, 3.8) is 0 Å². The van der Waals surface area contributed by atoms with Gasteiger partial charge in [-0.2, -0.15) is 0 Å². The van der Waals surface area contributed by atoms with Crippen LogP contribution in [0, 0.1) is 5.92 Å². The van der Waals surface area contributed by atoms with Crippen LogP contribution in [0.3, 0.4) is 0 Å². The maximum absolute atomic E-state index is 11.6. The molecule has 4 N–H and O–H groups in total. The predicted octanol–water partition coefficient (Wildman–Crippen LogP) is 1.34. The highest BCUT2D eigenvalue weighted by Gasteiger charge is 2.19. The molecule has 0 aliphatic rings. The monoisotopic (exact) mass is 274 g/mol. The predicted molar refractivity (Wildman–Crippen MR) is 73.0 cm³/mol. The van der Waals surface area contributed by atoms with Gasteiger partial charge in [0.05, 0.1) is 0 Å². The van der Waals surface area contributed by atoms with Gasteiger partial charge in [0.2, 0.25) is 0 Å². The summed E-state index contributed by atoms with van der Waals surface area (Å²) < 4.78 is 0. The molecule has 0 spiro atoms. The van der Waals surface area contributed by atoms with Crippen LogP contribution >= 0.6 is 0 Å². The maximum Gasteiger partial charge on any atom is 0.326 e. The summed E-state index contributed by atoms with van der Waals surface area (Å²) in [5.74, 6) is -0.714. The van der Waals surface area contributed by atoms with Crippen LogP contribution in [0.1, 0.15) is 46.0 Å². The number of aliphatic carboxylic acids is 1. The molecule has 0 aromatic heterocycles. The summed E-state index contributed by atoms with van der Waals surface area (Å²) in [6, 6.07) is -1.53. The van der Waals surface area contributed by atoms with E-state index in [1.807, 2.05) is 0 Å².